The lowest BCUT2D eigenvalue weighted by atomic mass is 10.0. The molecule has 194 valence electrons. The molecule has 7 nitrogen and oxygen atoms in total. The fraction of sp³-hybridized carbons (Fsp3) is 0.167. The van der Waals surface area contributed by atoms with Crippen LogP contribution in [0.4, 0.5) is 10.1 Å². The number of esters is 1. The van der Waals surface area contributed by atoms with Crippen LogP contribution in [0.5, 0.6) is 5.75 Å². The predicted octanol–water partition coefficient (Wildman–Crippen LogP) is 5.28. The summed E-state index contributed by atoms with van der Waals surface area (Å²) in [5.41, 5.74) is 3.05. The summed E-state index contributed by atoms with van der Waals surface area (Å²) in [6.07, 6.45) is 1.64. The zero-order chi connectivity index (χ0) is 27.2. The summed E-state index contributed by atoms with van der Waals surface area (Å²) in [7, 11) is 1.28. The van der Waals surface area contributed by atoms with E-state index >= 15 is 0 Å². The number of allylic oxidation sites excluding steroid dienone is 1. The van der Waals surface area contributed by atoms with E-state index in [4.69, 9.17) is 9.47 Å². The molecular formula is C30H27FN2O5. The van der Waals surface area contributed by atoms with Gasteiger partial charge in [0.2, 0.25) is 0 Å². The molecule has 1 aliphatic rings. The second-order valence-corrected chi connectivity index (χ2v) is 8.68. The molecule has 1 atom stereocenters. The number of carbonyl (C=O) groups excluding carboxylic acids is 3. The van der Waals surface area contributed by atoms with Gasteiger partial charge in [-0.15, -0.1) is 0 Å². The normalized spacial score (nSPS) is 15.0. The lowest BCUT2D eigenvalue weighted by Crippen LogP contribution is -2.28. The first-order chi connectivity index (χ1) is 18.3. The zero-order valence-corrected chi connectivity index (χ0v) is 21.2. The molecule has 0 spiro atoms. The zero-order valence-electron chi connectivity index (χ0n) is 21.2. The first-order valence-electron chi connectivity index (χ1n) is 12.0. The third-order valence-electron chi connectivity index (χ3n) is 6.19. The van der Waals surface area contributed by atoms with Crippen LogP contribution in [0.15, 0.2) is 95.7 Å². The second kappa shape index (κ2) is 11.6. The topological polar surface area (TPSA) is 84.9 Å². The average Bonchev–Trinajstić information content (AvgIpc) is 3.17. The second-order valence-electron chi connectivity index (χ2n) is 8.68. The third kappa shape index (κ3) is 5.81. The van der Waals surface area contributed by atoms with Crippen molar-refractivity contribution in [2.45, 2.75) is 19.9 Å². The van der Waals surface area contributed by atoms with Gasteiger partial charge in [0.1, 0.15) is 11.6 Å². The van der Waals surface area contributed by atoms with Crippen LogP contribution >= 0.6 is 0 Å². The summed E-state index contributed by atoms with van der Waals surface area (Å²) in [6.45, 7) is 3.41. The molecule has 0 aromatic heterocycles. The van der Waals surface area contributed by atoms with Gasteiger partial charge in [0, 0.05) is 11.4 Å². The molecule has 0 unspecified atom stereocenters. The van der Waals surface area contributed by atoms with Crippen molar-refractivity contribution in [3.8, 4) is 5.75 Å². The third-order valence-corrected chi connectivity index (χ3v) is 6.19. The van der Waals surface area contributed by atoms with Crippen LogP contribution in [0.2, 0.25) is 0 Å². The van der Waals surface area contributed by atoms with E-state index < -0.39 is 17.7 Å². The maximum absolute atomic E-state index is 13.5. The number of methoxy groups -OCH3 is 1. The van der Waals surface area contributed by atoms with Gasteiger partial charge < -0.3 is 19.7 Å². The van der Waals surface area contributed by atoms with Crippen molar-refractivity contribution in [1.82, 2.24) is 4.90 Å². The molecule has 0 saturated heterocycles. The number of nitrogens with zero attached hydrogens (tertiary/aromatic N) is 1. The Bertz CT molecular complexity index is 1400. The summed E-state index contributed by atoms with van der Waals surface area (Å²) >= 11 is 0. The van der Waals surface area contributed by atoms with E-state index in [2.05, 4.69) is 5.32 Å². The van der Waals surface area contributed by atoms with Crippen molar-refractivity contribution in [2.75, 3.05) is 19.0 Å². The summed E-state index contributed by atoms with van der Waals surface area (Å²) in [5.74, 6) is -1.22. The number of carbonyl (C=O) groups is 3. The number of benzene rings is 3. The number of amides is 2. The molecule has 0 aliphatic carbocycles. The Morgan fingerprint density at radius 1 is 1.00 bits per heavy atom. The fourth-order valence-corrected chi connectivity index (χ4v) is 4.25. The molecule has 0 fully saturated rings. The molecule has 1 aliphatic heterocycles. The highest BCUT2D eigenvalue weighted by Gasteiger charge is 2.39. The van der Waals surface area contributed by atoms with Crippen molar-refractivity contribution in [2.24, 2.45) is 0 Å². The van der Waals surface area contributed by atoms with Crippen LogP contribution in [-0.4, -0.2) is 36.4 Å². The van der Waals surface area contributed by atoms with E-state index in [0.717, 1.165) is 5.56 Å². The van der Waals surface area contributed by atoms with E-state index in [9.17, 15) is 18.8 Å². The molecule has 1 heterocycles. The molecule has 0 radical (unpaired) electrons. The molecule has 0 bridgehead atoms. The van der Waals surface area contributed by atoms with Crippen molar-refractivity contribution in [3.63, 3.8) is 0 Å². The summed E-state index contributed by atoms with van der Waals surface area (Å²) in [5, 5.41) is 2.62. The number of hydrogen-bond donors (Lipinski definition) is 1. The highest BCUT2D eigenvalue weighted by molar-refractivity contribution is 6.16. The number of anilines is 1. The summed E-state index contributed by atoms with van der Waals surface area (Å²) in [4.78, 5) is 39.9. The lowest BCUT2D eigenvalue weighted by molar-refractivity contribution is -0.136. The predicted molar refractivity (Wildman–Crippen MR) is 141 cm³/mol. The van der Waals surface area contributed by atoms with Gasteiger partial charge in [-0.05, 0) is 67.4 Å². The molecule has 2 amide bonds. The van der Waals surface area contributed by atoms with Crippen LogP contribution < -0.4 is 10.1 Å². The van der Waals surface area contributed by atoms with Crippen LogP contribution in [0, 0.1) is 5.82 Å². The van der Waals surface area contributed by atoms with E-state index in [0.29, 0.717) is 22.7 Å². The minimum atomic E-state index is -0.586. The van der Waals surface area contributed by atoms with Gasteiger partial charge in [-0.1, -0.05) is 42.5 Å². The number of halogens is 1. The monoisotopic (exact) mass is 514 g/mol. The molecule has 1 N–H and O–H groups in total. The van der Waals surface area contributed by atoms with Crippen LogP contribution in [0.3, 0.4) is 0 Å². The SMILES string of the molecule is COC(=O)C1=C(C)N([C@@H](C)c2ccccc2)C(=O)/C1=C\c1ccc(OCC(=O)Nc2ccc(F)cc2)cc1. The number of hydrogen-bond acceptors (Lipinski definition) is 5. The Morgan fingerprint density at radius 2 is 1.66 bits per heavy atom. The fourth-order valence-electron chi connectivity index (χ4n) is 4.25. The highest BCUT2D eigenvalue weighted by atomic mass is 19.1. The quantitative estimate of drug-likeness (QED) is 0.327. The van der Waals surface area contributed by atoms with Crippen molar-refractivity contribution < 1.29 is 28.2 Å². The number of nitrogens with one attached hydrogen (secondary N) is 1. The van der Waals surface area contributed by atoms with Crippen LogP contribution in [0.25, 0.3) is 6.08 Å². The van der Waals surface area contributed by atoms with Crippen molar-refractivity contribution >= 4 is 29.5 Å². The minimum Gasteiger partial charge on any atom is -0.484 e. The van der Waals surface area contributed by atoms with Crippen LogP contribution in [0.1, 0.15) is 31.0 Å². The smallest absolute Gasteiger partial charge is 0.340 e. The first kappa shape index (κ1) is 26.3. The van der Waals surface area contributed by atoms with Gasteiger partial charge in [-0.2, -0.15) is 0 Å². The maximum Gasteiger partial charge on any atom is 0.340 e. The van der Waals surface area contributed by atoms with E-state index in [1.54, 1.807) is 42.2 Å². The summed E-state index contributed by atoms with van der Waals surface area (Å²) in [6, 6.07) is 21.5. The van der Waals surface area contributed by atoms with Gasteiger partial charge >= 0.3 is 5.97 Å². The van der Waals surface area contributed by atoms with Gasteiger partial charge in [-0.25, -0.2) is 9.18 Å². The summed E-state index contributed by atoms with van der Waals surface area (Å²) < 4.78 is 23.5. The van der Waals surface area contributed by atoms with Gasteiger partial charge in [0.05, 0.1) is 24.3 Å². The van der Waals surface area contributed by atoms with E-state index in [1.807, 2.05) is 37.3 Å². The highest BCUT2D eigenvalue weighted by Crippen LogP contribution is 2.37. The van der Waals surface area contributed by atoms with Gasteiger partial charge in [-0.3, -0.25) is 9.59 Å². The first-order valence-corrected chi connectivity index (χ1v) is 12.0. The molecule has 4 rings (SSSR count). The van der Waals surface area contributed by atoms with Crippen molar-refractivity contribution in [1.29, 1.82) is 0 Å². The molecule has 3 aromatic carbocycles. The number of ether oxygens (including phenoxy) is 2. The Balaban J connectivity index is 1.49. The maximum atomic E-state index is 13.5. The Hall–Kier alpha value is -4.72. The van der Waals surface area contributed by atoms with Crippen molar-refractivity contribution in [3.05, 3.63) is 113 Å². The average molecular weight is 515 g/mol. The minimum absolute atomic E-state index is 0.220. The molecule has 3 aromatic rings. The Labute approximate surface area is 220 Å². The Morgan fingerprint density at radius 3 is 2.29 bits per heavy atom. The molecule has 38 heavy (non-hydrogen) atoms. The lowest BCUT2D eigenvalue weighted by Gasteiger charge is -2.26. The molecule has 8 heteroatoms. The molecular weight excluding hydrogens is 487 g/mol. The van der Waals surface area contributed by atoms with E-state index in [-0.39, 0.29) is 29.7 Å². The van der Waals surface area contributed by atoms with E-state index in [1.165, 1.54) is 31.4 Å². The van der Waals surface area contributed by atoms with Gasteiger partial charge in [0.15, 0.2) is 6.61 Å². The Kier molecular flexibility index (Phi) is 8.01. The van der Waals surface area contributed by atoms with Crippen LogP contribution in [-0.2, 0) is 19.1 Å². The standard InChI is InChI=1S/C30H27FN2O5/c1-19(22-7-5-4-6-8-22)33-20(2)28(30(36)37-3)26(29(33)35)17-21-9-15-25(16-10-21)38-18-27(34)32-24-13-11-23(31)12-14-24/h4-17,19H,18H2,1-3H3,(H,32,34)/b26-17-/t19-/m0/s1. The van der Waals surface area contributed by atoms with Gasteiger partial charge in [0.25, 0.3) is 11.8 Å². The largest absolute Gasteiger partial charge is 0.484 e. The number of rotatable bonds is 8. The molecule has 0 saturated carbocycles.